The highest BCUT2D eigenvalue weighted by Gasteiger charge is 2.04. The van der Waals surface area contributed by atoms with Gasteiger partial charge in [-0.3, -0.25) is 9.79 Å². The molecule has 0 heterocycles. The van der Waals surface area contributed by atoms with Crippen LogP contribution in [-0.4, -0.2) is 31.5 Å². The molecule has 1 aromatic rings. The summed E-state index contributed by atoms with van der Waals surface area (Å²) in [5.74, 6) is 0.393. The first-order chi connectivity index (χ1) is 9.63. The van der Waals surface area contributed by atoms with Gasteiger partial charge in [0.25, 0.3) is 5.91 Å². The average Bonchev–Trinajstić information content (AvgIpc) is 2.44. The smallest absolute Gasteiger partial charge is 0.251 e. The van der Waals surface area contributed by atoms with Crippen molar-refractivity contribution in [3.63, 3.8) is 0 Å². The Kier molecular flexibility index (Phi) is 7.72. The third-order valence-corrected chi connectivity index (χ3v) is 3.03. The average molecular weight is 341 g/mol. The second-order valence-electron chi connectivity index (χ2n) is 4.31. The zero-order valence-electron chi connectivity index (χ0n) is 11.7. The number of rotatable bonds is 7. The Morgan fingerprint density at radius 3 is 2.80 bits per heavy atom. The Morgan fingerprint density at radius 1 is 1.35 bits per heavy atom. The number of nitrogens with two attached hydrogens (primary N) is 1. The van der Waals surface area contributed by atoms with Gasteiger partial charge < -0.3 is 16.4 Å². The number of guanidine groups is 1. The van der Waals surface area contributed by atoms with Gasteiger partial charge in [0.15, 0.2) is 5.96 Å². The van der Waals surface area contributed by atoms with Gasteiger partial charge in [-0.15, -0.1) is 0 Å². The fourth-order valence-electron chi connectivity index (χ4n) is 1.53. The van der Waals surface area contributed by atoms with Crippen molar-refractivity contribution in [3.8, 4) is 0 Å². The van der Waals surface area contributed by atoms with Crippen LogP contribution in [0.1, 0.15) is 30.1 Å². The molecule has 5 nitrogen and oxygen atoms in total. The van der Waals surface area contributed by atoms with Gasteiger partial charge in [0.2, 0.25) is 0 Å². The number of benzene rings is 1. The molecule has 4 N–H and O–H groups in total. The van der Waals surface area contributed by atoms with Crippen LogP contribution in [0.5, 0.6) is 0 Å². The quantitative estimate of drug-likeness (QED) is 0.402. The first-order valence-corrected chi connectivity index (χ1v) is 7.50. The molecule has 0 aliphatic heterocycles. The van der Waals surface area contributed by atoms with Crippen molar-refractivity contribution < 1.29 is 4.79 Å². The molecule has 6 heteroatoms. The van der Waals surface area contributed by atoms with Crippen molar-refractivity contribution in [1.29, 1.82) is 0 Å². The molecular weight excluding hydrogens is 320 g/mol. The van der Waals surface area contributed by atoms with Crippen LogP contribution < -0.4 is 16.4 Å². The van der Waals surface area contributed by atoms with Crippen molar-refractivity contribution in [3.05, 3.63) is 34.3 Å². The number of amides is 1. The minimum atomic E-state index is -0.0704. The summed E-state index contributed by atoms with van der Waals surface area (Å²) in [6, 6.07) is 7.31. The van der Waals surface area contributed by atoms with E-state index in [1.54, 1.807) is 12.1 Å². The maximum absolute atomic E-state index is 11.8. The number of nitrogens with zero attached hydrogens (tertiary/aromatic N) is 1. The maximum Gasteiger partial charge on any atom is 0.251 e. The Bertz CT molecular complexity index is 462. The summed E-state index contributed by atoms with van der Waals surface area (Å²) in [7, 11) is 0. The van der Waals surface area contributed by atoms with E-state index < -0.39 is 0 Å². The minimum Gasteiger partial charge on any atom is -0.370 e. The summed E-state index contributed by atoms with van der Waals surface area (Å²) in [5.41, 5.74) is 6.31. The van der Waals surface area contributed by atoms with E-state index in [1.807, 2.05) is 19.1 Å². The highest BCUT2D eigenvalue weighted by atomic mass is 79.9. The van der Waals surface area contributed by atoms with Gasteiger partial charge in [0.1, 0.15) is 0 Å². The fraction of sp³-hybridized carbons (Fsp3) is 0.429. The molecule has 0 aromatic heterocycles. The van der Waals surface area contributed by atoms with Crippen LogP contribution in [0.15, 0.2) is 33.7 Å². The van der Waals surface area contributed by atoms with E-state index in [1.165, 1.54) is 0 Å². The predicted molar refractivity (Wildman–Crippen MR) is 85.9 cm³/mol. The van der Waals surface area contributed by atoms with E-state index in [-0.39, 0.29) is 5.91 Å². The summed E-state index contributed by atoms with van der Waals surface area (Å²) in [5, 5.41) is 5.87. The van der Waals surface area contributed by atoms with Crippen LogP contribution in [0.3, 0.4) is 0 Å². The molecule has 0 atom stereocenters. The lowest BCUT2D eigenvalue weighted by molar-refractivity contribution is 0.0953. The number of hydrogen-bond acceptors (Lipinski definition) is 2. The molecule has 0 bridgehead atoms. The molecule has 0 radical (unpaired) electrons. The minimum absolute atomic E-state index is 0.0704. The predicted octanol–water partition coefficient (Wildman–Crippen LogP) is 1.88. The normalized spacial score (nSPS) is 11.2. The lowest BCUT2D eigenvalue weighted by Crippen LogP contribution is -2.34. The van der Waals surface area contributed by atoms with Gasteiger partial charge in [-0.25, -0.2) is 0 Å². The lowest BCUT2D eigenvalue weighted by atomic mass is 10.2. The summed E-state index contributed by atoms with van der Waals surface area (Å²) >= 11 is 3.34. The summed E-state index contributed by atoms with van der Waals surface area (Å²) < 4.78 is 0.895. The van der Waals surface area contributed by atoms with E-state index in [2.05, 4.69) is 31.6 Å². The molecule has 0 unspecified atom stereocenters. The van der Waals surface area contributed by atoms with Gasteiger partial charge in [-0.1, -0.05) is 28.9 Å². The molecule has 0 saturated carbocycles. The molecule has 110 valence electrons. The topological polar surface area (TPSA) is 79.5 Å². The number of hydrogen-bond donors (Lipinski definition) is 3. The zero-order chi connectivity index (χ0) is 14.8. The van der Waals surface area contributed by atoms with E-state index in [0.717, 1.165) is 23.9 Å². The first-order valence-electron chi connectivity index (χ1n) is 6.71. The van der Waals surface area contributed by atoms with Gasteiger partial charge in [0.05, 0.1) is 0 Å². The standard InChI is InChI=1S/C14H21BrN4O/c1-2-7-18-14(16)19-9-4-8-17-13(20)11-5-3-6-12(15)10-11/h3,5-6,10H,2,4,7-9H2,1H3,(H,17,20)(H3,16,18,19). The molecule has 0 saturated heterocycles. The van der Waals surface area contributed by atoms with Crippen LogP contribution in [0.2, 0.25) is 0 Å². The van der Waals surface area contributed by atoms with Crippen LogP contribution in [0, 0.1) is 0 Å². The van der Waals surface area contributed by atoms with Crippen molar-refractivity contribution in [2.24, 2.45) is 10.7 Å². The molecule has 20 heavy (non-hydrogen) atoms. The van der Waals surface area contributed by atoms with Gasteiger partial charge in [-0.2, -0.15) is 0 Å². The molecule has 0 spiro atoms. The Hall–Kier alpha value is -1.56. The zero-order valence-corrected chi connectivity index (χ0v) is 13.2. The van der Waals surface area contributed by atoms with E-state index >= 15 is 0 Å². The molecule has 1 amide bonds. The highest BCUT2D eigenvalue weighted by Crippen LogP contribution is 2.11. The third-order valence-electron chi connectivity index (χ3n) is 2.54. The van der Waals surface area contributed by atoms with Crippen LogP contribution in [0.4, 0.5) is 0 Å². The first kappa shape index (κ1) is 16.5. The molecule has 1 aromatic carbocycles. The van der Waals surface area contributed by atoms with Crippen LogP contribution >= 0.6 is 15.9 Å². The largest absolute Gasteiger partial charge is 0.370 e. The van der Waals surface area contributed by atoms with Crippen molar-refractivity contribution in [2.75, 3.05) is 19.6 Å². The van der Waals surface area contributed by atoms with Gasteiger partial charge >= 0.3 is 0 Å². The molecule has 0 aliphatic rings. The SMILES string of the molecule is CCCN=C(N)NCCCNC(=O)c1cccc(Br)c1. The van der Waals surface area contributed by atoms with Gasteiger partial charge in [0, 0.05) is 29.7 Å². The maximum atomic E-state index is 11.8. The molecule has 0 aliphatic carbocycles. The van der Waals surface area contributed by atoms with Crippen molar-refractivity contribution in [2.45, 2.75) is 19.8 Å². The second-order valence-corrected chi connectivity index (χ2v) is 5.23. The Morgan fingerprint density at radius 2 is 2.10 bits per heavy atom. The third kappa shape index (κ3) is 6.56. The lowest BCUT2D eigenvalue weighted by Gasteiger charge is -2.07. The Balaban J connectivity index is 2.20. The number of nitrogens with one attached hydrogen (secondary N) is 2. The van der Waals surface area contributed by atoms with Crippen LogP contribution in [0.25, 0.3) is 0 Å². The molecule has 1 rings (SSSR count). The van der Waals surface area contributed by atoms with Crippen molar-refractivity contribution >= 4 is 27.8 Å². The Labute approximate surface area is 128 Å². The molecular formula is C14H21BrN4O. The number of aliphatic imine (C=N–C) groups is 1. The monoisotopic (exact) mass is 340 g/mol. The van der Waals surface area contributed by atoms with Crippen molar-refractivity contribution in [1.82, 2.24) is 10.6 Å². The number of carbonyl (C=O) groups is 1. The molecule has 0 fully saturated rings. The van der Waals surface area contributed by atoms with E-state index in [4.69, 9.17) is 5.73 Å². The van der Waals surface area contributed by atoms with E-state index in [9.17, 15) is 4.79 Å². The second kappa shape index (κ2) is 9.36. The summed E-state index contributed by atoms with van der Waals surface area (Å²) in [4.78, 5) is 16.0. The summed E-state index contributed by atoms with van der Waals surface area (Å²) in [6.07, 6.45) is 1.77. The van der Waals surface area contributed by atoms with Crippen LogP contribution in [-0.2, 0) is 0 Å². The fourth-order valence-corrected chi connectivity index (χ4v) is 1.93. The van der Waals surface area contributed by atoms with Gasteiger partial charge in [-0.05, 0) is 31.0 Å². The number of carbonyl (C=O) groups excluding carboxylic acids is 1. The number of halogens is 1. The van der Waals surface area contributed by atoms with E-state index in [0.29, 0.717) is 24.6 Å². The summed E-state index contributed by atoms with van der Waals surface area (Å²) in [6.45, 7) is 4.07. The highest BCUT2D eigenvalue weighted by molar-refractivity contribution is 9.10.